The van der Waals surface area contributed by atoms with Crippen LogP contribution in [0.5, 0.6) is 0 Å². The Kier molecular flexibility index (Phi) is 4.58. The molecule has 1 saturated carbocycles. The largest absolute Gasteiger partial charge is 0.395 e. The average molecular weight is 240 g/mol. The van der Waals surface area contributed by atoms with Gasteiger partial charge >= 0.3 is 6.18 Å². The summed E-state index contributed by atoms with van der Waals surface area (Å²) in [5.41, 5.74) is 5.83. The SMILES string of the molecule is CN(CCO)[C@H]1CC(C(F)(F)F)CC[C@@H]1N. The van der Waals surface area contributed by atoms with Crippen molar-refractivity contribution in [2.45, 2.75) is 37.5 Å². The summed E-state index contributed by atoms with van der Waals surface area (Å²) in [7, 11) is 1.71. The number of halogens is 3. The Bertz CT molecular complexity index is 223. The number of alkyl halides is 3. The smallest absolute Gasteiger partial charge is 0.391 e. The van der Waals surface area contributed by atoms with Crippen molar-refractivity contribution in [3.63, 3.8) is 0 Å². The Hall–Kier alpha value is -0.330. The van der Waals surface area contributed by atoms with Gasteiger partial charge in [-0.05, 0) is 26.3 Å². The zero-order valence-corrected chi connectivity index (χ0v) is 9.37. The fourth-order valence-electron chi connectivity index (χ4n) is 2.30. The van der Waals surface area contributed by atoms with E-state index in [0.717, 1.165) is 0 Å². The summed E-state index contributed by atoms with van der Waals surface area (Å²) in [6, 6.07) is -0.511. The molecular formula is C10H19F3N2O. The van der Waals surface area contributed by atoms with E-state index in [1.165, 1.54) is 0 Å². The van der Waals surface area contributed by atoms with Gasteiger partial charge in [-0.15, -0.1) is 0 Å². The van der Waals surface area contributed by atoms with E-state index in [4.69, 9.17) is 10.8 Å². The number of aliphatic hydroxyl groups excluding tert-OH is 1. The summed E-state index contributed by atoms with van der Waals surface area (Å²) in [5.74, 6) is -1.25. The predicted molar refractivity (Wildman–Crippen MR) is 54.9 cm³/mol. The molecule has 0 bridgehead atoms. The normalized spacial score (nSPS) is 32.1. The van der Waals surface area contributed by atoms with E-state index >= 15 is 0 Å². The second-order valence-corrected chi connectivity index (χ2v) is 4.49. The highest BCUT2D eigenvalue weighted by atomic mass is 19.4. The van der Waals surface area contributed by atoms with E-state index in [0.29, 0.717) is 13.0 Å². The van der Waals surface area contributed by atoms with Crippen LogP contribution in [0.4, 0.5) is 13.2 Å². The molecule has 0 aromatic heterocycles. The summed E-state index contributed by atoms with van der Waals surface area (Å²) in [5, 5.41) is 8.77. The van der Waals surface area contributed by atoms with E-state index in [-0.39, 0.29) is 31.5 Å². The van der Waals surface area contributed by atoms with Crippen LogP contribution in [0, 0.1) is 5.92 Å². The molecule has 1 aliphatic rings. The fourth-order valence-corrected chi connectivity index (χ4v) is 2.30. The number of nitrogens with two attached hydrogens (primary N) is 1. The predicted octanol–water partition coefficient (Wildman–Crippen LogP) is 0.969. The van der Waals surface area contributed by atoms with Crippen molar-refractivity contribution in [2.24, 2.45) is 11.7 Å². The number of likely N-dealkylation sites (N-methyl/N-ethyl adjacent to an activating group) is 1. The molecule has 1 unspecified atom stereocenters. The van der Waals surface area contributed by atoms with Crippen molar-refractivity contribution >= 4 is 0 Å². The van der Waals surface area contributed by atoms with Crippen LogP contribution in [0.25, 0.3) is 0 Å². The van der Waals surface area contributed by atoms with Gasteiger partial charge in [-0.1, -0.05) is 0 Å². The second kappa shape index (κ2) is 5.33. The van der Waals surface area contributed by atoms with Crippen molar-refractivity contribution in [2.75, 3.05) is 20.2 Å². The van der Waals surface area contributed by atoms with Crippen molar-refractivity contribution in [3.8, 4) is 0 Å². The molecule has 0 spiro atoms. The van der Waals surface area contributed by atoms with Crippen molar-refractivity contribution in [3.05, 3.63) is 0 Å². The van der Waals surface area contributed by atoms with E-state index in [2.05, 4.69) is 0 Å². The first-order valence-electron chi connectivity index (χ1n) is 5.49. The lowest BCUT2D eigenvalue weighted by Crippen LogP contribution is -2.52. The van der Waals surface area contributed by atoms with Gasteiger partial charge in [-0.25, -0.2) is 0 Å². The van der Waals surface area contributed by atoms with E-state index in [1.807, 2.05) is 0 Å². The van der Waals surface area contributed by atoms with Crippen LogP contribution >= 0.6 is 0 Å². The molecule has 3 nitrogen and oxygen atoms in total. The summed E-state index contributed by atoms with van der Waals surface area (Å²) < 4.78 is 37.7. The number of hydrogen-bond donors (Lipinski definition) is 2. The Labute approximate surface area is 93.4 Å². The van der Waals surface area contributed by atoms with E-state index in [9.17, 15) is 13.2 Å². The molecule has 1 fully saturated rings. The van der Waals surface area contributed by atoms with Gasteiger partial charge in [-0.2, -0.15) is 13.2 Å². The van der Waals surface area contributed by atoms with Crippen molar-refractivity contribution < 1.29 is 18.3 Å². The zero-order chi connectivity index (χ0) is 12.3. The molecule has 0 saturated heterocycles. The molecule has 96 valence electrons. The van der Waals surface area contributed by atoms with Gasteiger partial charge in [-0.3, -0.25) is 4.90 Å². The van der Waals surface area contributed by atoms with Gasteiger partial charge in [0.05, 0.1) is 12.5 Å². The van der Waals surface area contributed by atoms with E-state index < -0.39 is 12.1 Å². The van der Waals surface area contributed by atoms with Gasteiger partial charge in [0.1, 0.15) is 0 Å². The third-order valence-corrected chi connectivity index (χ3v) is 3.35. The lowest BCUT2D eigenvalue weighted by molar-refractivity contribution is -0.187. The number of hydrogen-bond acceptors (Lipinski definition) is 3. The first kappa shape index (κ1) is 13.7. The first-order valence-corrected chi connectivity index (χ1v) is 5.49. The zero-order valence-electron chi connectivity index (χ0n) is 9.37. The molecule has 0 aromatic carbocycles. The molecule has 16 heavy (non-hydrogen) atoms. The summed E-state index contributed by atoms with van der Waals surface area (Å²) in [6.07, 6.45) is -3.57. The van der Waals surface area contributed by atoms with Gasteiger partial charge in [0.15, 0.2) is 0 Å². The van der Waals surface area contributed by atoms with Crippen LogP contribution < -0.4 is 5.73 Å². The van der Waals surface area contributed by atoms with Crippen LogP contribution in [0.15, 0.2) is 0 Å². The summed E-state index contributed by atoms with van der Waals surface area (Å²) in [4.78, 5) is 1.72. The first-order chi connectivity index (χ1) is 7.36. The minimum atomic E-state index is -4.13. The second-order valence-electron chi connectivity index (χ2n) is 4.49. The Morgan fingerprint density at radius 3 is 2.50 bits per heavy atom. The molecule has 0 heterocycles. The molecule has 0 amide bonds. The molecule has 6 heteroatoms. The summed E-state index contributed by atoms with van der Waals surface area (Å²) in [6.45, 7) is 0.305. The van der Waals surface area contributed by atoms with Crippen LogP contribution in [0.3, 0.4) is 0 Å². The number of rotatable bonds is 3. The van der Waals surface area contributed by atoms with Gasteiger partial charge in [0.2, 0.25) is 0 Å². The van der Waals surface area contributed by atoms with Crippen molar-refractivity contribution in [1.29, 1.82) is 0 Å². The highest BCUT2D eigenvalue weighted by molar-refractivity contribution is 4.90. The van der Waals surface area contributed by atoms with E-state index in [1.54, 1.807) is 11.9 Å². The van der Waals surface area contributed by atoms with Gasteiger partial charge in [0, 0.05) is 18.6 Å². The van der Waals surface area contributed by atoms with Crippen LogP contribution in [0.2, 0.25) is 0 Å². The Morgan fingerprint density at radius 2 is 2.00 bits per heavy atom. The number of aliphatic hydroxyl groups is 1. The van der Waals surface area contributed by atoms with Gasteiger partial charge in [0.25, 0.3) is 0 Å². The molecule has 1 aliphatic carbocycles. The Balaban J connectivity index is 2.61. The monoisotopic (exact) mass is 240 g/mol. The third-order valence-electron chi connectivity index (χ3n) is 3.35. The molecule has 3 N–H and O–H groups in total. The maximum absolute atomic E-state index is 12.6. The fraction of sp³-hybridized carbons (Fsp3) is 1.00. The molecule has 1 rings (SSSR count). The third kappa shape index (κ3) is 3.33. The highest BCUT2D eigenvalue weighted by Crippen LogP contribution is 2.38. The quantitative estimate of drug-likeness (QED) is 0.772. The molecule has 3 atom stereocenters. The van der Waals surface area contributed by atoms with Crippen LogP contribution in [-0.4, -0.2) is 48.5 Å². The molecule has 0 aliphatic heterocycles. The van der Waals surface area contributed by atoms with Crippen LogP contribution in [0.1, 0.15) is 19.3 Å². The minimum absolute atomic E-state index is 0.0428. The highest BCUT2D eigenvalue weighted by Gasteiger charge is 2.44. The average Bonchev–Trinajstić information content (AvgIpc) is 2.16. The standard InChI is InChI=1S/C10H19F3N2O/c1-15(4-5-16)9-6-7(10(11,12)13)2-3-8(9)14/h7-9,16H,2-6,14H2,1H3/t7?,8-,9-/m0/s1. The Morgan fingerprint density at radius 1 is 1.38 bits per heavy atom. The lowest BCUT2D eigenvalue weighted by atomic mass is 9.81. The summed E-state index contributed by atoms with van der Waals surface area (Å²) >= 11 is 0. The maximum Gasteiger partial charge on any atom is 0.391 e. The molecule has 0 radical (unpaired) electrons. The van der Waals surface area contributed by atoms with Gasteiger partial charge < -0.3 is 10.8 Å². The molecular weight excluding hydrogens is 221 g/mol. The number of nitrogens with zero attached hydrogens (tertiary/aromatic N) is 1. The maximum atomic E-state index is 12.6. The minimum Gasteiger partial charge on any atom is -0.395 e. The van der Waals surface area contributed by atoms with Crippen molar-refractivity contribution in [1.82, 2.24) is 4.90 Å². The topological polar surface area (TPSA) is 49.5 Å². The van der Waals surface area contributed by atoms with Crippen LogP contribution in [-0.2, 0) is 0 Å². The lowest BCUT2D eigenvalue weighted by Gasteiger charge is -2.39. The molecule has 0 aromatic rings.